The number of nitrogens with zero attached hydrogens (tertiary/aromatic N) is 2. The van der Waals surface area contributed by atoms with Gasteiger partial charge in [-0.3, -0.25) is 14.4 Å². The number of carboxylic acids is 1. The Morgan fingerprint density at radius 1 is 0.809 bits per heavy atom. The van der Waals surface area contributed by atoms with Crippen LogP contribution in [-0.2, 0) is 11.2 Å². The van der Waals surface area contributed by atoms with Crippen LogP contribution in [0.3, 0.4) is 0 Å². The van der Waals surface area contributed by atoms with E-state index in [-0.39, 0.29) is 36.9 Å². The summed E-state index contributed by atoms with van der Waals surface area (Å²) in [6.45, 7) is 3.77. The van der Waals surface area contributed by atoms with Crippen molar-refractivity contribution >= 4 is 23.5 Å². The van der Waals surface area contributed by atoms with E-state index in [1.807, 2.05) is 18.4 Å². The molecule has 1 heterocycles. The van der Waals surface area contributed by atoms with E-state index in [0.29, 0.717) is 39.2 Å². The number of aliphatic hydroxyl groups excluding tert-OH is 2. The van der Waals surface area contributed by atoms with Gasteiger partial charge >= 0.3 is 5.97 Å². The molecule has 11 heteroatoms. The number of aliphatic hydroxyl groups is 2. The van der Waals surface area contributed by atoms with E-state index in [0.717, 1.165) is 0 Å². The second-order valence-electron chi connectivity index (χ2n) is 11.9. The molecule has 2 amide bonds. The molecule has 0 aliphatic rings. The van der Waals surface area contributed by atoms with Crippen molar-refractivity contribution in [1.29, 1.82) is 0 Å². The standard InChI is InChI=1S/C36H39F2N3O6/c1-21(2)41-30(18-17-28(42)19-29(43)20-31(44)45)32(22-5-11-25(37)12-6-22)33(23-7-13-26(38)14-8-23)34(41)35(46)39-27-15-9-24(10-16-27)36(47)40(3)4/h5-16,21,28-29,42-43H,17-20H2,1-4H3,(H,39,46)(H,44,45)/t28-,29-/m1/s1. The number of amides is 2. The third kappa shape index (κ3) is 8.49. The van der Waals surface area contributed by atoms with E-state index in [4.69, 9.17) is 5.11 Å². The average molecular weight is 648 g/mol. The first-order valence-electron chi connectivity index (χ1n) is 15.3. The summed E-state index contributed by atoms with van der Waals surface area (Å²) in [5, 5.41) is 32.8. The lowest BCUT2D eigenvalue weighted by atomic mass is 9.92. The summed E-state index contributed by atoms with van der Waals surface area (Å²) in [6, 6.07) is 17.6. The number of anilines is 1. The van der Waals surface area contributed by atoms with Crippen molar-refractivity contribution < 1.29 is 38.5 Å². The predicted molar refractivity (Wildman–Crippen MR) is 175 cm³/mol. The summed E-state index contributed by atoms with van der Waals surface area (Å²) in [6.07, 6.45) is -2.65. The molecule has 2 atom stereocenters. The van der Waals surface area contributed by atoms with Crippen LogP contribution in [0.25, 0.3) is 22.3 Å². The molecule has 4 aromatic rings. The fraction of sp³-hybridized carbons (Fsp3) is 0.306. The summed E-state index contributed by atoms with van der Waals surface area (Å²) in [5.41, 5.74) is 3.92. The minimum atomic E-state index is -1.24. The van der Waals surface area contributed by atoms with Gasteiger partial charge in [0, 0.05) is 48.2 Å². The SMILES string of the molecule is CC(C)n1c(CC[C@@H](O)C[C@@H](O)CC(=O)O)c(-c2ccc(F)cc2)c(-c2ccc(F)cc2)c1C(=O)Nc1ccc(C(=O)N(C)C)cc1. The summed E-state index contributed by atoms with van der Waals surface area (Å²) in [5.74, 6) is -2.80. The number of aliphatic carboxylic acids is 1. The molecule has 47 heavy (non-hydrogen) atoms. The highest BCUT2D eigenvalue weighted by atomic mass is 19.1. The zero-order valence-electron chi connectivity index (χ0n) is 26.7. The van der Waals surface area contributed by atoms with Crippen LogP contribution < -0.4 is 5.32 Å². The van der Waals surface area contributed by atoms with Gasteiger partial charge in [-0.2, -0.15) is 0 Å². The molecule has 0 saturated carbocycles. The van der Waals surface area contributed by atoms with Gasteiger partial charge in [0.25, 0.3) is 11.8 Å². The number of carboxylic acid groups (broad SMARTS) is 1. The highest BCUT2D eigenvalue weighted by Crippen LogP contribution is 2.43. The van der Waals surface area contributed by atoms with Crippen molar-refractivity contribution in [3.63, 3.8) is 0 Å². The molecule has 248 valence electrons. The van der Waals surface area contributed by atoms with Crippen LogP contribution in [0.2, 0.25) is 0 Å². The van der Waals surface area contributed by atoms with Gasteiger partial charge in [-0.1, -0.05) is 24.3 Å². The molecule has 0 bridgehead atoms. The molecule has 0 spiro atoms. The van der Waals surface area contributed by atoms with Crippen LogP contribution >= 0.6 is 0 Å². The number of aromatic nitrogens is 1. The van der Waals surface area contributed by atoms with Crippen molar-refractivity contribution in [3.8, 4) is 22.3 Å². The van der Waals surface area contributed by atoms with Crippen molar-refractivity contribution in [1.82, 2.24) is 9.47 Å². The lowest BCUT2D eigenvalue weighted by Crippen LogP contribution is -2.23. The van der Waals surface area contributed by atoms with E-state index in [2.05, 4.69) is 5.32 Å². The number of carbonyl (C=O) groups is 3. The molecular formula is C36H39F2N3O6. The van der Waals surface area contributed by atoms with Gasteiger partial charge in [-0.25, -0.2) is 8.78 Å². The van der Waals surface area contributed by atoms with Crippen LogP contribution in [0.1, 0.15) is 65.7 Å². The first kappa shape index (κ1) is 35.0. The number of benzene rings is 3. The maximum atomic E-state index is 14.3. The Balaban J connectivity index is 1.88. The largest absolute Gasteiger partial charge is 0.481 e. The van der Waals surface area contributed by atoms with E-state index in [1.165, 1.54) is 29.2 Å². The van der Waals surface area contributed by atoms with E-state index < -0.39 is 42.1 Å². The lowest BCUT2D eigenvalue weighted by Gasteiger charge is -2.20. The number of hydrogen-bond donors (Lipinski definition) is 4. The van der Waals surface area contributed by atoms with Gasteiger partial charge < -0.3 is 30.1 Å². The molecule has 4 N–H and O–H groups in total. The predicted octanol–water partition coefficient (Wildman–Crippen LogP) is 6.15. The molecular weight excluding hydrogens is 608 g/mol. The Morgan fingerprint density at radius 3 is 1.83 bits per heavy atom. The topological polar surface area (TPSA) is 132 Å². The molecule has 9 nitrogen and oxygen atoms in total. The zero-order valence-corrected chi connectivity index (χ0v) is 26.7. The van der Waals surface area contributed by atoms with Gasteiger partial charge in [0.1, 0.15) is 17.3 Å². The molecule has 0 radical (unpaired) electrons. The third-order valence-electron chi connectivity index (χ3n) is 7.77. The maximum absolute atomic E-state index is 14.3. The second-order valence-corrected chi connectivity index (χ2v) is 11.9. The van der Waals surface area contributed by atoms with Gasteiger partial charge in [0.05, 0.1) is 18.6 Å². The molecule has 0 saturated heterocycles. The van der Waals surface area contributed by atoms with Crippen LogP contribution in [0.15, 0.2) is 72.8 Å². The molecule has 1 aromatic heterocycles. The summed E-state index contributed by atoms with van der Waals surface area (Å²) in [7, 11) is 3.28. The minimum Gasteiger partial charge on any atom is -0.481 e. The highest BCUT2D eigenvalue weighted by molar-refractivity contribution is 6.11. The summed E-state index contributed by atoms with van der Waals surface area (Å²) in [4.78, 5) is 39.1. The Hall–Kier alpha value is -4.87. The Morgan fingerprint density at radius 2 is 1.34 bits per heavy atom. The average Bonchev–Trinajstić information content (AvgIpc) is 3.36. The van der Waals surface area contributed by atoms with Gasteiger partial charge in [-0.15, -0.1) is 0 Å². The van der Waals surface area contributed by atoms with Gasteiger partial charge in [0.2, 0.25) is 0 Å². The number of rotatable bonds is 13. The summed E-state index contributed by atoms with van der Waals surface area (Å²) < 4.78 is 30.1. The fourth-order valence-corrected chi connectivity index (χ4v) is 5.67. The number of hydrogen-bond acceptors (Lipinski definition) is 5. The maximum Gasteiger partial charge on any atom is 0.305 e. The van der Waals surface area contributed by atoms with E-state index in [1.54, 1.807) is 62.6 Å². The number of halogens is 2. The number of carbonyl (C=O) groups excluding carboxylic acids is 2. The van der Waals surface area contributed by atoms with Crippen molar-refractivity contribution in [2.24, 2.45) is 0 Å². The van der Waals surface area contributed by atoms with Crippen molar-refractivity contribution in [2.45, 2.75) is 57.8 Å². The third-order valence-corrected chi connectivity index (χ3v) is 7.77. The Labute approximate surface area is 272 Å². The molecule has 0 aliphatic heterocycles. The summed E-state index contributed by atoms with van der Waals surface area (Å²) >= 11 is 0. The molecule has 0 aliphatic carbocycles. The highest BCUT2D eigenvalue weighted by Gasteiger charge is 2.31. The van der Waals surface area contributed by atoms with Crippen molar-refractivity contribution in [3.05, 3.63) is 101 Å². The first-order chi connectivity index (χ1) is 22.3. The fourth-order valence-electron chi connectivity index (χ4n) is 5.67. The first-order valence-corrected chi connectivity index (χ1v) is 15.3. The monoisotopic (exact) mass is 647 g/mol. The van der Waals surface area contributed by atoms with Crippen LogP contribution in [0, 0.1) is 11.6 Å². The van der Waals surface area contributed by atoms with E-state index >= 15 is 0 Å². The van der Waals surface area contributed by atoms with E-state index in [9.17, 15) is 33.4 Å². The Kier molecular flexibility index (Phi) is 11.3. The molecule has 3 aromatic carbocycles. The lowest BCUT2D eigenvalue weighted by molar-refractivity contribution is -0.139. The molecule has 4 rings (SSSR count). The normalized spacial score (nSPS) is 12.5. The van der Waals surface area contributed by atoms with Gasteiger partial charge in [-0.05, 0) is 92.8 Å². The van der Waals surface area contributed by atoms with Crippen LogP contribution in [0.4, 0.5) is 14.5 Å². The van der Waals surface area contributed by atoms with Crippen LogP contribution in [0.5, 0.6) is 0 Å². The minimum absolute atomic E-state index is 0.118. The van der Waals surface area contributed by atoms with Gasteiger partial charge in [0.15, 0.2) is 0 Å². The number of nitrogens with one attached hydrogen (secondary N) is 1. The molecule has 0 unspecified atom stereocenters. The van der Waals surface area contributed by atoms with Crippen LogP contribution in [-0.4, -0.2) is 68.9 Å². The smallest absolute Gasteiger partial charge is 0.305 e. The van der Waals surface area contributed by atoms with Crippen molar-refractivity contribution in [2.75, 3.05) is 19.4 Å². The zero-order chi connectivity index (χ0) is 34.4. The molecule has 0 fully saturated rings. The quantitative estimate of drug-likeness (QED) is 0.138. The Bertz CT molecular complexity index is 1720. The second kappa shape index (κ2) is 15.1.